The molecule has 6 nitrogen and oxygen atoms in total. The number of ether oxygens (including phenoxy) is 3. The Balaban J connectivity index is 2.00. The predicted molar refractivity (Wildman–Crippen MR) is 116 cm³/mol. The highest BCUT2D eigenvalue weighted by molar-refractivity contribution is 5.73. The number of quaternary nitrogens is 1. The quantitative estimate of drug-likeness (QED) is 0.697. The van der Waals surface area contributed by atoms with Gasteiger partial charge in [-0.1, -0.05) is 6.92 Å². The maximum Gasteiger partial charge on any atom is 0.217 e. The van der Waals surface area contributed by atoms with Gasteiger partial charge in [-0.3, -0.25) is 4.79 Å². The third kappa shape index (κ3) is 4.70. The van der Waals surface area contributed by atoms with Gasteiger partial charge in [0.05, 0.1) is 33.9 Å². The van der Waals surface area contributed by atoms with Gasteiger partial charge in [-0.2, -0.15) is 0 Å². The molecule has 0 fully saturated rings. The van der Waals surface area contributed by atoms with Gasteiger partial charge in [-0.15, -0.1) is 0 Å². The number of amides is 1. The zero-order chi connectivity index (χ0) is 21.7. The summed E-state index contributed by atoms with van der Waals surface area (Å²) < 4.78 is 16.4. The minimum Gasteiger partial charge on any atom is -0.497 e. The fraction of sp³-hybridized carbons (Fsp3) is 0.458. The normalized spacial score (nSPS) is 18.8. The molecule has 0 saturated carbocycles. The fourth-order valence-corrected chi connectivity index (χ4v) is 4.50. The second-order valence-corrected chi connectivity index (χ2v) is 7.78. The van der Waals surface area contributed by atoms with E-state index in [1.165, 1.54) is 21.6 Å². The highest BCUT2D eigenvalue weighted by Gasteiger charge is 2.38. The molecule has 0 aromatic heterocycles. The van der Waals surface area contributed by atoms with E-state index in [1.54, 1.807) is 28.3 Å². The number of nitrogens with one attached hydrogen (secondary N) is 2. The van der Waals surface area contributed by atoms with E-state index in [0.717, 1.165) is 43.2 Å². The first-order valence-corrected chi connectivity index (χ1v) is 10.5. The Hall–Kier alpha value is -2.73. The third-order valence-electron chi connectivity index (χ3n) is 5.96. The van der Waals surface area contributed by atoms with Crippen LogP contribution in [0.5, 0.6) is 17.2 Å². The van der Waals surface area contributed by atoms with E-state index in [2.05, 4.69) is 36.5 Å². The smallest absolute Gasteiger partial charge is 0.217 e. The summed E-state index contributed by atoms with van der Waals surface area (Å²) in [6.07, 6.45) is 1.80. The molecule has 1 heterocycles. The van der Waals surface area contributed by atoms with Gasteiger partial charge in [0.15, 0.2) is 11.5 Å². The number of hydrogen-bond donors (Lipinski definition) is 2. The first kappa shape index (κ1) is 22.0. The number of rotatable bonds is 8. The number of fused-ring (bicyclic) bond motifs is 1. The number of carbonyl (C=O) groups excluding carboxylic acids is 1. The lowest BCUT2D eigenvalue weighted by atomic mass is 9.86. The van der Waals surface area contributed by atoms with Crippen LogP contribution >= 0.6 is 0 Å². The minimum absolute atomic E-state index is 0.00162. The minimum atomic E-state index is -0.00162. The number of methoxy groups -OCH3 is 3. The van der Waals surface area contributed by atoms with Crippen molar-refractivity contribution in [3.05, 3.63) is 53.1 Å². The molecule has 1 unspecified atom stereocenters. The van der Waals surface area contributed by atoms with Crippen molar-refractivity contribution >= 4 is 5.91 Å². The molecule has 30 heavy (non-hydrogen) atoms. The molecule has 0 spiro atoms. The largest absolute Gasteiger partial charge is 0.497 e. The molecule has 2 aromatic carbocycles. The van der Waals surface area contributed by atoms with Crippen molar-refractivity contribution in [1.82, 2.24) is 5.32 Å². The molecule has 0 aliphatic carbocycles. The predicted octanol–water partition coefficient (Wildman–Crippen LogP) is 2.31. The van der Waals surface area contributed by atoms with Crippen molar-refractivity contribution in [3.63, 3.8) is 0 Å². The van der Waals surface area contributed by atoms with Gasteiger partial charge in [0.1, 0.15) is 18.3 Å². The van der Waals surface area contributed by atoms with Crippen LogP contribution in [0.2, 0.25) is 0 Å². The summed E-state index contributed by atoms with van der Waals surface area (Å²) in [5.41, 5.74) is 3.74. The number of carbonyl (C=O) groups is 1. The van der Waals surface area contributed by atoms with Crippen molar-refractivity contribution in [1.29, 1.82) is 0 Å². The zero-order valence-electron chi connectivity index (χ0n) is 18.6. The molecule has 2 N–H and O–H groups in total. The molecular weight excluding hydrogens is 380 g/mol. The summed E-state index contributed by atoms with van der Waals surface area (Å²) in [5.74, 6) is 2.33. The number of hydrogen-bond acceptors (Lipinski definition) is 4. The summed E-state index contributed by atoms with van der Waals surface area (Å²) in [7, 11) is 5.01. The SMILES string of the molecule is CC[C@@H](NC(C)=O)[C@H]1c2cc(OC)c(OC)cc2CC[NH+]1Cc1ccc(OC)cc1. The topological polar surface area (TPSA) is 61.2 Å². The molecule has 2 aromatic rings. The van der Waals surface area contributed by atoms with E-state index in [0.29, 0.717) is 0 Å². The average molecular weight is 414 g/mol. The molecule has 1 amide bonds. The molecule has 6 heteroatoms. The van der Waals surface area contributed by atoms with E-state index < -0.39 is 0 Å². The summed E-state index contributed by atoms with van der Waals surface area (Å²) in [6.45, 7) is 5.57. The van der Waals surface area contributed by atoms with E-state index >= 15 is 0 Å². The molecule has 0 bridgehead atoms. The highest BCUT2D eigenvalue weighted by atomic mass is 16.5. The van der Waals surface area contributed by atoms with Gasteiger partial charge in [-0.25, -0.2) is 0 Å². The van der Waals surface area contributed by atoms with Gasteiger partial charge < -0.3 is 24.4 Å². The maximum atomic E-state index is 11.9. The Morgan fingerprint density at radius 1 is 1.10 bits per heavy atom. The maximum absolute atomic E-state index is 11.9. The summed E-state index contributed by atoms with van der Waals surface area (Å²) in [4.78, 5) is 13.4. The van der Waals surface area contributed by atoms with Crippen molar-refractivity contribution in [2.45, 2.75) is 45.3 Å². The average Bonchev–Trinajstić information content (AvgIpc) is 2.77. The Labute approximate surface area is 179 Å². The number of benzene rings is 2. The van der Waals surface area contributed by atoms with E-state index in [1.807, 2.05) is 12.1 Å². The van der Waals surface area contributed by atoms with E-state index in [9.17, 15) is 4.79 Å². The Bertz CT molecular complexity index is 866. The van der Waals surface area contributed by atoms with Crippen molar-refractivity contribution in [2.75, 3.05) is 27.9 Å². The molecule has 3 rings (SSSR count). The standard InChI is InChI=1S/C24H32N2O4/c1-6-21(25-16(2)27)24-20-14-23(30-5)22(29-4)13-18(20)11-12-26(24)15-17-7-9-19(28-3)10-8-17/h7-10,13-14,21,24H,6,11-12,15H2,1-5H3,(H,25,27)/p+1/t21-,24-/m1/s1. The molecule has 0 radical (unpaired) electrons. The van der Waals surface area contributed by atoms with E-state index in [4.69, 9.17) is 14.2 Å². The van der Waals surface area contributed by atoms with Crippen LogP contribution in [0.4, 0.5) is 0 Å². The molecule has 0 saturated heterocycles. The summed E-state index contributed by atoms with van der Waals surface area (Å²) >= 11 is 0. The lowest BCUT2D eigenvalue weighted by molar-refractivity contribution is -0.948. The molecular formula is C24H33N2O4+. The zero-order valence-corrected chi connectivity index (χ0v) is 18.6. The lowest BCUT2D eigenvalue weighted by Gasteiger charge is -2.39. The molecule has 162 valence electrons. The van der Waals surface area contributed by atoms with Gasteiger partial charge in [0, 0.05) is 24.5 Å². The molecule has 3 atom stereocenters. The van der Waals surface area contributed by atoms with Crippen LogP contribution in [0, 0.1) is 0 Å². The van der Waals surface area contributed by atoms with Crippen LogP contribution < -0.4 is 24.4 Å². The summed E-state index contributed by atoms with van der Waals surface area (Å²) in [6, 6.07) is 12.6. The highest BCUT2D eigenvalue weighted by Crippen LogP contribution is 2.35. The summed E-state index contributed by atoms with van der Waals surface area (Å²) in [5, 5.41) is 3.19. The van der Waals surface area contributed by atoms with Crippen LogP contribution in [-0.4, -0.2) is 39.8 Å². The van der Waals surface area contributed by atoms with E-state index in [-0.39, 0.29) is 18.0 Å². The Morgan fingerprint density at radius 2 is 1.77 bits per heavy atom. The van der Waals surface area contributed by atoms with Gasteiger partial charge in [0.2, 0.25) is 5.91 Å². The van der Waals surface area contributed by atoms with Crippen LogP contribution in [0.25, 0.3) is 0 Å². The molecule has 1 aliphatic heterocycles. The lowest BCUT2D eigenvalue weighted by Crippen LogP contribution is -3.13. The van der Waals surface area contributed by atoms with Crippen molar-refractivity contribution < 1.29 is 23.9 Å². The van der Waals surface area contributed by atoms with Gasteiger partial charge in [-0.05, 0) is 48.4 Å². The molecule has 1 aliphatic rings. The fourth-order valence-electron chi connectivity index (χ4n) is 4.50. The van der Waals surface area contributed by atoms with Gasteiger partial charge >= 0.3 is 0 Å². The van der Waals surface area contributed by atoms with Crippen molar-refractivity contribution in [3.8, 4) is 17.2 Å². The first-order valence-electron chi connectivity index (χ1n) is 10.5. The van der Waals surface area contributed by atoms with Crippen LogP contribution in [0.15, 0.2) is 36.4 Å². The monoisotopic (exact) mass is 413 g/mol. The Kier molecular flexibility index (Phi) is 7.21. The van der Waals surface area contributed by atoms with Gasteiger partial charge in [0.25, 0.3) is 0 Å². The van der Waals surface area contributed by atoms with Crippen LogP contribution in [-0.2, 0) is 17.8 Å². The van der Waals surface area contributed by atoms with Crippen LogP contribution in [0.1, 0.15) is 43.0 Å². The second kappa shape index (κ2) is 9.85. The second-order valence-electron chi connectivity index (χ2n) is 7.78. The third-order valence-corrected chi connectivity index (χ3v) is 5.96. The Morgan fingerprint density at radius 3 is 2.33 bits per heavy atom. The van der Waals surface area contributed by atoms with Crippen molar-refractivity contribution in [2.24, 2.45) is 0 Å². The first-order chi connectivity index (χ1) is 14.5. The van der Waals surface area contributed by atoms with Crippen LogP contribution in [0.3, 0.4) is 0 Å².